The summed E-state index contributed by atoms with van der Waals surface area (Å²) in [5, 5.41) is 0. The molecule has 1 aromatic rings. The minimum absolute atomic E-state index is 0.0800. The smallest absolute Gasteiger partial charge is 0.310 e. The van der Waals surface area contributed by atoms with Gasteiger partial charge < -0.3 is 4.90 Å². The van der Waals surface area contributed by atoms with E-state index in [4.69, 9.17) is 0 Å². The number of alkyl halides is 3. The van der Waals surface area contributed by atoms with Crippen molar-refractivity contribution in [2.75, 3.05) is 11.4 Å². The number of halogens is 3. The van der Waals surface area contributed by atoms with Crippen LogP contribution >= 0.6 is 0 Å². The highest BCUT2D eigenvalue weighted by atomic mass is 19.4. The normalized spacial score (nSPS) is 16.9. The number of rotatable bonds is 1. The number of carbonyl (C=O) groups is 2. The first-order chi connectivity index (χ1) is 9.51. The lowest BCUT2D eigenvalue weighted by atomic mass is 10.1. The Hall–Kier alpha value is -2.05. The highest BCUT2D eigenvalue weighted by Crippen LogP contribution is 2.32. The lowest BCUT2D eigenvalue weighted by Gasteiger charge is -2.30. The molecule has 0 unspecified atom stereocenters. The van der Waals surface area contributed by atoms with Crippen molar-refractivity contribution < 1.29 is 22.8 Å². The monoisotopic (exact) mass is 300 g/mol. The molecular formula is C14H15F3N2O2. The third-order valence-electron chi connectivity index (χ3n) is 3.23. The van der Waals surface area contributed by atoms with Gasteiger partial charge in [-0.05, 0) is 45.0 Å². The number of nitrogens with zero attached hydrogens (tertiary/aromatic N) is 2. The van der Waals surface area contributed by atoms with Gasteiger partial charge in [-0.1, -0.05) is 0 Å². The quantitative estimate of drug-likeness (QED) is 0.747. The van der Waals surface area contributed by atoms with E-state index >= 15 is 0 Å². The molecule has 1 saturated heterocycles. The maximum Gasteiger partial charge on any atom is 0.416 e. The minimum Gasteiger partial charge on any atom is -0.310 e. The summed E-state index contributed by atoms with van der Waals surface area (Å²) in [6.45, 7) is 5.28. The van der Waals surface area contributed by atoms with Crippen LogP contribution in [0.1, 0.15) is 26.3 Å². The van der Waals surface area contributed by atoms with Gasteiger partial charge in [0, 0.05) is 5.54 Å². The summed E-state index contributed by atoms with van der Waals surface area (Å²) in [7, 11) is 0. The van der Waals surface area contributed by atoms with Gasteiger partial charge in [-0.3, -0.25) is 4.79 Å². The average Bonchev–Trinajstić information content (AvgIpc) is 2.64. The van der Waals surface area contributed by atoms with E-state index in [9.17, 15) is 22.8 Å². The Morgan fingerprint density at radius 3 is 1.90 bits per heavy atom. The highest BCUT2D eigenvalue weighted by Gasteiger charge is 2.42. The first-order valence-electron chi connectivity index (χ1n) is 6.33. The SMILES string of the molecule is CC(C)(C)N1CC(=O)N(c2ccc(C(F)(F)F)cc2)C1=O. The van der Waals surface area contributed by atoms with E-state index in [0.717, 1.165) is 29.2 Å². The maximum atomic E-state index is 12.5. The van der Waals surface area contributed by atoms with Crippen molar-refractivity contribution in [3.8, 4) is 0 Å². The molecule has 0 aliphatic carbocycles. The largest absolute Gasteiger partial charge is 0.416 e. The van der Waals surface area contributed by atoms with Crippen LogP contribution in [0.3, 0.4) is 0 Å². The van der Waals surface area contributed by atoms with Crippen molar-refractivity contribution in [1.29, 1.82) is 0 Å². The Bertz CT molecular complexity index is 573. The van der Waals surface area contributed by atoms with Gasteiger partial charge in [-0.2, -0.15) is 13.2 Å². The molecule has 0 N–H and O–H groups in total. The van der Waals surface area contributed by atoms with Crippen LogP contribution in [0, 0.1) is 0 Å². The van der Waals surface area contributed by atoms with E-state index in [1.165, 1.54) is 4.90 Å². The van der Waals surface area contributed by atoms with Gasteiger partial charge in [0.15, 0.2) is 0 Å². The molecule has 0 saturated carbocycles. The van der Waals surface area contributed by atoms with E-state index < -0.39 is 29.2 Å². The van der Waals surface area contributed by atoms with Crippen LogP contribution in [0.5, 0.6) is 0 Å². The zero-order valence-corrected chi connectivity index (χ0v) is 11.9. The second-order valence-electron chi connectivity index (χ2n) is 5.81. The molecule has 0 bridgehead atoms. The molecule has 1 aromatic carbocycles. The lowest BCUT2D eigenvalue weighted by molar-refractivity contribution is -0.137. The zero-order chi connectivity index (χ0) is 16.0. The molecule has 114 valence electrons. The van der Waals surface area contributed by atoms with Gasteiger partial charge in [0.1, 0.15) is 6.54 Å². The zero-order valence-electron chi connectivity index (χ0n) is 11.9. The predicted molar refractivity (Wildman–Crippen MR) is 70.8 cm³/mol. The lowest BCUT2D eigenvalue weighted by Crippen LogP contribution is -2.44. The molecule has 0 aromatic heterocycles. The van der Waals surface area contributed by atoms with Gasteiger partial charge in [0.25, 0.3) is 5.91 Å². The van der Waals surface area contributed by atoms with Gasteiger partial charge in [-0.15, -0.1) is 0 Å². The number of hydrogen-bond donors (Lipinski definition) is 0. The molecule has 1 fully saturated rings. The van der Waals surface area contributed by atoms with Crippen LogP contribution in [0.2, 0.25) is 0 Å². The van der Waals surface area contributed by atoms with Crippen LogP contribution in [-0.2, 0) is 11.0 Å². The topological polar surface area (TPSA) is 40.6 Å². The van der Waals surface area contributed by atoms with Gasteiger partial charge >= 0.3 is 12.2 Å². The highest BCUT2D eigenvalue weighted by molar-refractivity contribution is 6.20. The molecule has 4 nitrogen and oxygen atoms in total. The Balaban J connectivity index is 2.30. The van der Waals surface area contributed by atoms with Crippen LogP contribution in [0.15, 0.2) is 24.3 Å². The van der Waals surface area contributed by atoms with Crippen molar-refractivity contribution in [3.05, 3.63) is 29.8 Å². The first kappa shape index (κ1) is 15.3. The Morgan fingerprint density at radius 2 is 1.52 bits per heavy atom. The Morgan fingerprint density at radius 1 is 1.00 bits per heavy atom. The fourth-order valence-corrected chi connectivity index (χ4v) is 2.08. The molecule has 7 heteroatoms. The molecule has 1 aliphatic rings. The number of anilines is 1. The average molecular weight is 300 g/mol. The maximum absolute atomic E-state index is 12.5. The van der Waals surface area contributed by atoms with Crippen molar-refractivity contribution >= 4 is 17.6 Å². The molecule has 1 heterocycles. The second-order valence-corrected chi connectivity index (χ2v) is 5.81. The second kappa shape index (κ2) is 4.75. The summed E-state index contributed by atoms with van der Waals surface area (Å²) in [5.41, 5.74) is -1.21. The molecule has 1 aliphatic heterocycles. The van der Waals surface area contributed by atoms with E-state index in [-0.39, 0.29) is 12.2 Å². The van der Waals surface area contributed by atoms with E-state index in [0.29, 0.717) is 0 Å². The van der Waals surface area contributed by atoms with Crippen LogP contribution in [0.4, 0.5) is 23.7 Å². The fourth-order valence-electron chi connectivity index (χ4n) is 2.08. The van der Waals surface area contributed by atoms with Crippen molar-refractivity contribution in [1.82, 2.24) is 4.90 Å². The molecule has 3 amide bonds. The molecular weight excluding hydrogens is 285 g/mol. The summed E-state index contributed by atoms with van der Waals surface area (Å²) in [4.78, 5) is 26.5. The molecule has 0 atom stereocenters. The summed E-state index contributed by atoms with van der Waals surface area (Å²) in [6, 6.07) is 3.45. The molecule has 2 rings (SSSR count). The van der Waals surface area contributed by atoms with Crippen molar-refractivity contribution in [2.24, 2.45) is 0 Å². The van der Waals surface area contributed by atoms with E-state index in [1.807, 2.05) is 0 Å². The number of urea groups is 1. The van der Waals surface area contributed by atoms with E-state index in [2.05, 4.69) is 0 Å². The van der Waals surface area contributed by atoms with Crippen molar-refractivity contribution in [2.45, 2.75) is 32.5 Å². The van der Waals surface area contributed by atoms with Gasteiger partial charge in [0.2, 0.25) is 0 Å². The van der Waals surface area contributed by atoms with E-state index in [1.54, 1.807) is 20.8 Å². The third kappa shape index (κ3) is 2.86. The van der Waals surface area contributed by atoms with Crippen molar-refractivity contribution in [3.63, 3.8) is 0 Å². The predicted octanol–water partition coefficient (Wildman–Crippen LogP) is 3.27. The van der Waals surface area contributed by atoms with Crippen LogP contribution < -0.4 is 4.90 Å². The van der Waals surface area contributed by atoms with Crippen LogP contribution in [-0.4, -0.2) is 28.9 Å². The number of carbonyl (C=O) groups excluding carboxylic acids is 2. The summed E-state index contributed by atoms with van der Waals surface area (Å²) >= 11 is 0. The Labute approximate surface area is 120 Å². The Kier molecular flexibility index (Phi) is 3.47. The minimum atomic E-state index is -4.45. The fraction of sp³-hybridized carbons (Fsp3) is 0.429. The number of benzene rings is 1. The molecule has 0 spiro atoms. The summed E-state index contributed by atoms with van der Waals surface area (Å²) in [5.74, 6) is -0.449. The first-order valence-corrected chi connectivity index (χ1v) is 6.33. The van der Waals surface area contributed by atoms with Gasteiger partial charge in [-0.25, -0.2) is 9.69 Å². The number of imide groups is 1. The summed E-state index contributed by atoms with van der Waals surface area (Å²) < 4.78 is 37.5. The van der Waals surface area contributed by atoms with Gasteiger partial charge in [0.05, 0.1) is 11.3 Å². The third-order valence-corrected chi connectivity index (χ3v) is 3.23. The van der Waals surface area contributed by atoms with Crippen LogP contribution in [0.25, 0.3) is 0 Å². The molecule has 0 radical (unpaired) electrons. The standard InChI is InChI=1S/C14H15F3N2O2/c1-13(2,3)18-8-11(20)19(12(18)21)10-6-4-9(5-7-10)14(15,16)17/h4-7H,8H2,1-3H3. The number of amides is 3. The number of hydrogen-bond acceptors (Lipinski definition) is 2. The molecule has 21 heavy (non-hydrogen) atoms. The summed E-state index contributed by atoms with van der Waals surface area (Å²) in [6.07, 6.45) is -4.45.